The zero-order chi connectivity index (χ0) is 13.1. The van der Waals surface area contributed by atoms with Crippen molar-refractivity contribution < 1.29 is 4.52 Å². The lowest BCUT2D eigenvalue weighted by atomic mass is 9.91. The Labute approximate surface area is 117 Å². The van der Waals surface area contributed by atoms with E-state index in [1.165, 1.54) is 12.8 Å². The maximum Gasteiger partial charge on any atom is 0.144 e. The maximum absolute atomic E-state index is 5.92. The van der Waals surface area contributed by atoms with Crippen molar-refractivity contribution in [2.24, 2.45) is 5.92 Å². The topological polar surface area (TPSA) is 38.1 Å². The summed E-state index contributed by atoms with van der Waals surface area (Å²) in [6.07, 6.45) is 5.20. The summed E-state index contributed by atoms with van der Waals surface area (Å²) in [5, 5.41) is 8.10. The summed E-state index contributed by atoms with van der Waals surface area (Å²) in [5.74, 6) is 1.69. The van der Waals surface area contributed by atoms with Crippen molar-refractivity contribution in [2.75, 3.05) is 13.1 Å². The van der Waals surface area contributed by atoms with Gasteiger partial charge >= 0.3 is 0 Å². The van der Waals surface area contributed by atoms with Crippen LogP contribution in [0.5, 0.6) is 0 Å². The van der Waals surface area contributed by atoms with Crippen LogP contribution in [0.15, 0.2) is 35.0 Å². The second-order valence-electron chi connectivity index (χ2n) is 5.07. The first-order valence-corrected chi connectivity index (χ1v) is 7.11. The third-order valence-electron chi connectivity index (χ3n) is 3.73. The van der Waals surface area contributed by atoms with Crippen molar-refractivity contribution in [3.05, 3.63) is 41.2 Å². The lowest BCUT2D eigenvalue weighted by Crippen LogP contribution is -2.28. The summed E-state index contributed by atoms with van der Waals surface area (Å²) in [6, 6.07) is 7.83. The van der Waals surface area contributed by atoms with Gasteiger partial charge < -0.3 is 9.84 Å². The molecule has 0 atom stereocenters. The van der Waals surface area contributed by atoms with Gasteiger partial charge in [0.05, 0.1) is 6.20 Å². The minimum absolute atomic E-state index is 0.695. The molecule has 100 valence electrons. The van der Waals surface area contributed by atoms with Gasteiger partial charge in [-0.1, -0.05) is 28.9 Å². The molecule has 1 aliphatic heterocycles. The monoisotopic (exact) mass is 276 g/mol. The number of halogens is 1. The highest BCUT2D eigenvalue weighted by molar-refractivity contribution is 6.30. The Hall–Kier alpha value is -1.32. The number of aromatic nitrogens is 1. The molecule has 1 aromatic carbocycles. The van der Waals surface area contributed by atoms with Crippen molar-refractivity contribution in [1.29, 1.82) is 0 Å². The van der Waals surface area contributed by atoms with Crippen molar-refractivity contribution in [3.63, 3.8) is 0 Å². The minimum atomic E-state index is 0.695. The number of nitrogens with one attached hydrogen (secondary N) is 1. The van der Waals surface area contributed by atoms with Gasteiger partial charge in [0.2, 0.25) is 0 Å². The number of nitrogens with zero attached hydrogens (tertiary/aromatic N) is 1. The van der Waals surface area contributed by atoms with Gasteiger partial charge in [0, 0.05) is 17.0 Å². The van der Waals surface area contributed by atoms with Crippen LogP contribution in [0.2, 0.25) is 5.02 Å². The summed E-state index contributed by atoms with van der Waals surface area (Å²) >= 11 is 5.92. The zero-order valence-electron chi connectivity index (χ0n) is 10.7. The van der Waals surface area contributed by atoms with Crippen LogP contribution in [-0.2, 0) is 6.42 Å². The Bertz CT molecular complexity index is 529. The van der Waals surface area contributed by atoms with Gasteiger partial charge in [0.25, 0.3) is 0 Å². The van der Waals surface area contributed by atoms with Gasteiger partial charge in [-0.2, -0.15) is 0 Å². The molecule has 1 fully saturated rings. The van der Waals surface area contributed by atoms with E-state index in [-0.39, 0.29) is 0 Å². The van der Waals surface area contributed by atoms with E-state index in [1.807, 2.05) is 24.3 Å². The fourth-order valence-electron chi connectivity index (χ4n) is 2.62. The fourth-order valence-corrected chi connectivity index (χ4v) is 2.75. The standard InChI is InChI=1S/C15H17ClN2O/c16-13-3-1-12(2-4-13)14-10-18-19-15(14)9-11-5-7-17-8-6-11/h1-4,10-11,17H,5-9H2. The molecule has 0 unspecified atom stereocenters. The van der Waals surface area contributed by atoms with Gasteiger partial charge in [-0.25, -0.2) is 0 Å². The van der Waals surface area contributed by atoms with Crippen LogP contribution < -0.4 is 5.32 Å². The predicted octanol–water partition coefficient (Wildman–Crippen LogP) is 3.54. The Morgan fingerprint density at radius 1 is 1.21 bits per heavy atom. The SMILES string of the molecule is Clc1ccc(-c2cnoc2CC2CCNCC2)cc1. The van der Waals surface area contributed by atoms with Crippen LogP contribution in [0.3, 0.4) is 0 Å². The molecule has 3 rings (SSSR count). The third kappa shape index (κ3) is 2.99. The number of piperidine rings is 1. The molecule has 3 nitrogen and oxygen atoms in total. The highest BCUT2D eigenvalue weighted by Gasteiger charge is 2.18. The first-order chi connectivity index (χ1) is 9.33. The Balaban J connectivity index is 1.79. The Kier molecular flexibility index (Phi) is 3.85. The number of hydrogen-bond donors (Lipinski definition) is 1. The first kappa shape index (κ1) is 12.7. The second kappa shape index (κ2) is 5.76. The first-order valence-electron chi connectivity index (χ1n) is 6.73. The molecule has 0 amide bonds. The second-order valence-corrected chi connectivity index (χ2v) is 5.50. The van der Waals surface area contributed by atoms with E-state index in [0.717, 1.165) is 41.4 Å². The molecule has 1 aliphatic rings. The molecular formula is C15H17ClN2O. The van der Waals surface area contributed by atoms with Crippen LogP contribution in [-0.4, -0.2) is 18.2 Å². The molecule has 1 aromatic heterocycles. The van der Waals surface area contributed by atoms with Crippen LogP contribution >= 0.6 is 11.6 Å². The van der Waals surface area contributed by atoms with Crippen molar-refractivity contribution in [1.82, 2.24) is 10.5 Å². The van der Waals surface area contributed by atoms with E-state index in [1.54, 1.807) is 6.20 Å². The van der Waals surface area contributed by atoms with E-state index in [4.69, 9.17) is 16.1 Å². The van der Waals surface area contributed by atoms with E-state index >= 15 is 0 Å². The highest BCUT2D eigenvalue weighted by Crippen LogP contribution is 2.28. The molecule has 0 spiro atoms. The summed E-state index contributed by atoms with van der Waals surface area (Å²) in [5.41, 5.74) is 2.21. The highest BCUT2D eigenvalue weighted by atomic mass is 35.5. The fraction of sp³-hybridized carbons (Fsp3) is 0.400. The third-order valence-corrected chi connectivity index (χ3v) is 3.99. The molecule has 0 bridgehead atoms. The summed E-state index contributed by atoms with van der Waals surface area (Å²) in [6.45, 7) is 2.21. The predicted molar refractivity (Wildman–Crippen MR) is 76.2 cm³/mol. The van der Waals surface area contributed by atoms with Crippen molar-refractivity contribution >= 4 is 11.6 Å². The average molecular weight is 277 g/mol. The van der Waals surface area contributed by atoms with Crippen LogP contribution in [0.4, 0.5) is 0 Å². The molecule has 1 saturated heterocycles. The van der Waals surface area contributed by atoms with E-state index in [2.05, 4.69) is 10.5 Å². The molecule has 0 saturated carbocycles. The van der Waals surface area contributed by atoms with Crippen molar-refractivity contribution in [2.45, 2.75) is 19.3 Å². The van der Waals surface area contributed by atoms with Gasteiger partial charge in [0.1, 0.15) is 5.76 Å². The maximum atomic E-state index is 5.92. The van der Waals surface area contributed by atoms with Crippen LogP contribution in [0.1, 0.15) is 18.6 Å². The molecule has 0 radical (unpaired) electrons. The number of rotatable bonds is 3. The normalized spacial score (nSPS) is 16.7. The van der Waals surface area contributed by atoms with Gasteiger partial charge in [-0.05, 0) is 49.5 Å². The number of hydrogen-bond acceptors (Lipinski definition) is 3. The molecular weight excluding hydrogens is 260 g/mol. The lowest BCUT2D eigenvalue weighted by Gasteiger charge is -2.21. The quantitative estimate of drug-likeness (QED) is 0.932. The average Bonchev–Trinajstić information content (AvgIpc) is 2.89. The molecule has 2 heterocycles. The summed E-state index contributed by atoms with van der Waals surface area (Å²) in [7, 11) is 0. The molecule has 1 N–H and O–H groups in total. The van der Waals surface area contributed by atoms with Crippen LogP contribution in [0, 0.1) is 5.92 Å². The van der Waals surface area contributed by atoms with Gasteiger partial charge in [-0.3, -0.25) is 0 Å². The van der Waals surface area contributed by atoms with Gasteiger partial charge in [-0.15, -0.1) is 0 Å². The molecule has 2 aromatic rings. The largest absolute Gasteiger partial charge is 0.361 e. The molecule has 19 heavy (non-hydrogen) atoms. The van der Waals surface area contributed by atoms with E-state index < -0.39 is 0 Å². The summed E-state index contributed by atoms with van der Waals surface area (Å²) < 4.78 is 5.45. The minimum Gasteiger partial charge on any atom is -0.361 e. The molecule has 4 heteroatoms. The van der Waals surface area contributed by atoms with Gasteiger partial charge in [0.15, 0.2) is 0 Å². The zero-order valence-corrected chi connectivity index (χ0v) is 11.5. The smallest absolute Gasteiger partial charge is 0.144 e. The lowest BCUT2D eigenvalue weighted by molar-refractivity contribution is 0.319. The summed E-state index contributed by atoms with van der Waals surface area (Å²) in [4.78, 5) is 0. The molecule has 0 aliphatic carbocycles. The van der Waals surface area contributed by atoms with Crippen molar-refractivity contribution in [3.8, 4) is 11.1 Å². The Morgan fingerprint density at radius 2 is 1.95 bits per heavy atom. The number of benzene rings is 1. The van der Waals surface area contributed by atoms with E-state index in [0.29, 0.717) is 5.92 Å². The Morgan fingerprint density at radius 3 is 2.68 bits per heavy atom. The van der Waals surface area contributed by atoms with E-state index in [9.17, 15) is 0 Å². The van der Waals surface area contributed by atoms with Crippen LogP contribution in [0.25, 0.3) is 11.1 Å².